The van der Waals surface area contributed by atoms with Crippen molar-refractivity contribution in [2.45, 2.75) is 149 Å². The Balaban J connectivity index is 4.69. The van der Waals surface area contributed by atoms with E-state index in [9.17, 15) is 9.59 Å². The largest absolute Gasteiger partial charge is 0.465 e. The second kappa shape index (κ2) is 22.2. The molecule has 33 heavy (non-hydrogen) atoms. The van der Waals surface area contributed by atoms with Crippen LogP contribution in [0.4, 0.5) is 0 Å². The molecule has 0 aliphatic carbocycles. The van der Waals surface area contributed by atoms with Gasteiger partial charge in [-0.25, -0.2) is 0 Å². The minimum Gasteiger partial charge on any atom is -0.465 e. The highest BCUT2D eigenvalue weighted by molar-refractivity contribution is 14.1. The summed E-state index contributed by atoms with van der Waals surface area (Å²) in [6.45, 7) is 8.59. The molecule has 0 spiro atoms. The summed E-state index contributed by atoms with van der Waals surface area (Å²) in [7, 11) is 0. The lowest BCUT2D eigenvalue weighted by Crippen LogP contribution is -2.41. The molecule has 5 heteroatoms. The number of unbranched alkanes of at least 4 members (excludes halogenated alkanes) is 12. The van der Waals surface area contributed by atoms with E-state index in [1.165, 1.54) is 44.9 Å². The highest BCUT2D eigenvalue weighted by atomic mass is 127. The molecule has 2 atom stereocenters. The van der Waals surface area contributed by atoms with Gasteiger partial charge in [0.15, 0.2) is 5.41 Å². The Bertz CT molecular complexity index is 483. The minimum atomic E-state index is -1.19. The summed E-state index contributed by atoms with van der Waals surface area (Å²) in [5.74, 6) is -0.784. The minimum absolute atomic E-state index is 0.108. The summed E-state index contributed by atoms with van der Waals surface area (Å²) in [6.07, 6.45) is 19.2. The number of hydrogen-bond donors (Lipinski definition) is 0. The molecule has 0 aliphatic heterocycles. The zero-order valence-electron chi connectivity index (χ0n) is 22.2. The predicted octanol–water partition coefficient (Wildman–Crippen LogP) is 8.96. The van der Waals surface area contributed by atoms with Crippen LogP contribution in [-0.4, -0.2) is 29.1 Å². The molecule has 0 heterocycles. The van der Waals surface area contributed by atoms with E-state index in [0.29, 0.717) is 13.0 Å². The van der Waals surface area contributed by atoms with Crippen LogP contribution >= 0.6 is 22.6 Å². The fraction of sp³-hybridized carbons (Fsp3) is 0.929. The van der Waals surface area contributed by atoms with Crippen molar-refractivity contribution in [3.63, 3.8) is 0 Å². The van der Waals surface area contributed by atoms with Gasteiger partial charge >= 0.3 is 11.9 Å². The van der Waals surface area contributed by atoms with Crippen molar-refractivity contribution in [2.24, 2.45) is 5.41 Å². The van der Waals surface area contributed by atoms with E-state index < -0.39 is 11.4 Å². The summed E-state index contributed by atoms with van der Waals surface area (Å²) >= 11 is 2.39. The van der Waals surface area contributed by atoms with Crippen molar-refractivity contribution in [3.8, 4) is 0 Å². The van der Waals surface area contributed by atoms with E-state index in [-0.39, 0.29) is 12.1 Å². The van der Waals surface area contributed by atoms with Crippen LogP contribution in [0.5, 0.6) is 0 Å². The lowest BCUT2D eigenvalue weighted by molar-refractivity contribution is -0.175. The summed E-state index contributed by atoms with van der Waals surface area (Å²) in [5.41, 5.74) is -1.19. The van der Waals surface area contributed by atoms with E-state index in [1.807, 2.05) is 6.92 Å². The molecule has 0 aromatic carbocycles. The van der Waals surface area contributed by atoms with Crippen LogP contribution in [0.2, 0.25) is 0 Å². The van der Waals surface area contributed by atoms with Gasteiger partial charge in [-0.05, 0) is 49.9 Å². The third kappa shape index (κ3) is 16.1. The van der Waals surface area contributed by atoms with Gasteiger partial charge in [-0.3, -0.25) is 9.59 Å². The first-order chi connectivity index (χ1) is 16.0. The highest BCUT2D eigenvalue weighted by Gasteiger charge is 2.44. The average Bonchev–Trinajstić information content (AvgIpc) is 2.81. The van der Waals surface area contributed by atoms with Gasteiger partial charge in [-0.15, -0.1) is 0 Å². The van der Waals surface area contributed by atoms with Crippen LogP contribution in [-0.2, 0) is 19.1 Å². The van der Waals surface area contributed by atoms with Crippen LogP contribution in [0.1, 0.15) is 143 Å². The van der Waals surface area contributed by atoms with E-state index in [2.05, 4.69) is 36.4 Å². The summed E-state index contributed by atoms with van der Waals surface area (Å²) in [4.78, 5) is 26.2. The maximum Gasteiger partial charge on any atom is 0.323 e. The number of hydrogen-bond acceptors (Lipinski definition) is 4. The van der Waals surface area contributed by atoms with E-state index >= 15 is 0 Å². The van der Waals surface area contributed by atoms with Crippen molar-refractivity contribution in [3.05, 3.63) is 0 Å². The van der Waals surface area contributed by atoms with Gasteiger partial charge in [0, 0.05) is 0 Å². The molecule has 0 saturated carbocycles. The molecular formula is C28H53IO4. The standard InChI is InChI=1S/C28H53IO4/c1-5-8-10-11-12-13-16-20-24-32-26(30)28(4,22-18-14-15-19-23-29)27(31)33-25(7-3)21-17-9-6-2/h25H,5-24H2,1-4H3. The lowest BCUT2D eigenvalue weighted by atomic mass is 9.84. The molecule has 4 nitrogen and oxygen atoms in total. The normalized spacial score (nSPS) is 14.0. The Morgan fingerprint density at radius 1 is 0.727 bits per heavy atom. The van der Waals surface area contributed by atoms with Crippen molar-refractivity contribution < 1.29 is 19.1 Å². The predicted molar refractivity (Wildman–Crippen MR) is 148 cm³/mol. The van der Waals surface area contributed by atoms with Gasteiger partial charge in [0.05, 0.1) is 6.61 Å². The number of esters is 2. The first-order valence-corrected chi connectivity index (χ1v) is 15.4. The molecule has 0 saturated heterocycles. The molecule has 196 valence electrons. The molecule has 0 fully saturated rings. The molecule has 0 bridgehead atoms. The maximum atomic E-state index is 13.2. The smallest absolute Gasteiger partial charge is 0.323 e. The van der Waals surface area contributed by atoms with Crippen LogP contribution in [0.3, 0.4) is 0 Å². The van der Waals surface area contributed by atoms with Gasteiger partial charge < -0.3 is 9.47 Å². The molecule has 0 rings (SSSR count). The number of carbonyl (C=O) groups excluding carboxylic acids is 2. The van der Waals surface area contributed by atoms with Gasteiger partial charge in [-0.2, -0.15) is 0 Å². The first-order valence-electron chi connectivity index (χ1n) is 13.9. The number of ether oxygens (including phenoxy) is 2. The Labute approximate surface area is 218 Å². The van der Waals surface area contributed by atoms with Crippen molar-refractivity contribution in [1.82, 2.24) is 0 Å². The Morgan fingerprint density at radius 3 is 1.88 bits per heavy atom. The summed E-state index contributed by atoms with van der Waals surface area (Å²) in [6, 6.07) is 0. The molecule has 0 amide bonds. The van der Waals surface area contributed by atoms with Crippen molar-refractivity contribution in [1.29, 1.82) is 0 Å². The third-order valence-corrected chi connectivity index (χ3v) is 7.31. The fourth-order valence-corrected chi connectivity index (χ4v) is 4.56. The number of rotatable bonds is 23. The van der Waals surface area contributed by atoms with Crippen molar-refractivity contribution in [2.75, 3.05) is 11.0 Å². The van der Waals surface area contributed by atoms with E-state index in [4.69, 9.17) is 9.47 Å². The monoisotopic (exact) mass is 580 g/mol. The number of alkyl halides is 1. The van der Waals surface area contributed by atoms with E-state index in [0.717, 1.165) is 68.6 Å². The maximum absolute atomic E-state index is 13.2. The molecule has 2 unspecified atom stereocenters. The summed E-state index contributed by atoms with van der Waals surface area (Å²) in [5, 5.41) is 0. The molecule has 0 radical (unpaired) electrons. The Kier molecular flexibility index (Phi) is 21.9. The summed E-state index contributed by atoms with van der Waals surface area (Å²) < 4.78 is 12.6. The van der Waals surface area contributed by atoms with Gasteiger partial charge in [-0.1, -0.05) is 120 Å². The third-order valence-electron chi connectivity index (χ3n) is 6.55. The van der Waals surface area contributed by atoms with E-state index in [1.54, 1.807) is 6.92 Å². The average molecular weight is 581 g/mol. The van der Waals surface area contributed by atoms with Crippen LogP contribution in [0.25, 0.3) is 0 Å². The Hall–Kier alpha value is -0.330. The van der Waals surface area contributed by atoms with Crippen LogP contribution in [0, 0.1) is 5.41 Å². The molecular weight excluding hydrogens is 527 g/mol. The highest BCUT2D eigenvalue weighted by Crippen LogP contribution is 2.30. The van der Waals surface area contributed by atoms with Crippen LogP contribution < -0.4 is 0 Å². The van der Waals surface area contributed by atoms with Crippen molar-refractivity contribution >= 4 is 34.5 Å². The second-order valence-corrected chi connectivity index (χ2v) is 10.8. The fourth-order valence-electron chi connectivity index (χ4n) is 4.02. The topological polar surface area (TPSA) is 52.6 Å². The second-order valence-electron chi connectivity index (χ2n) is 9.73. The van der Waals surface area contributed by atoms with Crippen LogP contribution in [0.15, 0.2) is 0 Å². The zero-order chi connectivity index (χ0) is 24.8. The Morgan fingerprint density at radius 2 is 1.27 bits per heavy atom. The van der Waals surface area contributed by atoms with Gasteiger partial charge in [0.2, 0.25) is 0 Å². The SMILES string of the molecule is CCCCCCCCCCOC(=O)C(C)(CCCCCCI)C(=O)OC(CC)CCCCC. The van der Waals surface area contributed by atoms with Gasteiger partial charge in [0.25, 0.3) is 0 Å². The molecule has 0 aromatic rings. The number of halogens is 1. The zero-order valence-corrected chi connectivity index (χ0v) is 24.4. The molecule has 0 aliphatic rings. The first kappa shape index (κ1) is 32.7. The molecule has 0 N–H and O–H groups in total. The molecule has 0 aromatic heterocycles. The quantitative estimate of drug-likeness (QED) is 0.0398. The number of carbonyl (C=O) groups is 2. The van der Waals surface area contributed by atoms with Gasteiger partial charge in [0.1, 0.15) is 6.10 Å². The lowest BCUT2D eigenvalue weighted by Gasteiger charge is -2.28.